The van der Waals surface area contributed by atoms with Crippen molar-refractivity contribution in [3.05, 3.63) is 64.7 Å². The van der Waals surface area contributed by atoms with Crippen LogP contribution in [0.25, 0.3) is 0 Å². The van der Waals surface area contributed by atoms with E-state index in [9.17, 15) is 9.59 Å². The van der Waals surface area contributed by atoms with Crippen LogP contribution in [0, 0.1) is 0 Å². The number of hydrogen-bond acceptors (Lipinski definition) is 3. The van der Waals surface area contributed by atoms with Crippen LogP contribution >= 0.6 is 11.6 Å². The molecule has 1 N–H and O–H groups in total. The van der Waals surface area contributed by atoms with Crippen molar-refractivity contribution in [2.45, 2.75) is 25.4 Å². The van der Waals surface area contributed by atoms with E-state index < -0.39 is 11.6 Å². The topological polar surface area (TPSA) is 58.6 Å². The van der Waals surface area contributed by atoms with Gasteiger partial charge in [0.1, 0.15) is 11.3 Å². The molecule has 3 rings (SSSR count). The summed E-state index contributed by atoms with van der Waals surface area (Å²) in [7, 11) is 1.59. The molecule has 1 saturated heterocycles. The molecular formula is C19H19ClN2O3. The van der Waals surface area contributed by atoms with Crippen molar-refractivity contribution in [2.75, 3.05) is 7.11 Å². The lowest BCUT2D eigenvalue weighted by Gasteiger charge is -2.23. The fourth-order valence-corrected chi connectivity index (χ4v) is 3.14. The van der Waals surface area contributed by atoms with E-state index in [2.05, 4.69) is 5.32 Å². The maximum absolute atomic E-state index is 12.9. The number of para-hydroxylation sites is 1. The maximum atomic E-state index is 12.9. The van der Waals surface area contributed by atoms with Gasteiger partial charge < -0.3 is 10.1 Å². The molecule has 6 heteroatoms. The number of urea groups is 1. The van der Waals surface area contributed by atoms with Crippen LogP contribution in [0.1, 0.15) is 18.1 Å². The number of carbonyl (C=O) groups is 2. The first-order chi connectivity index (χ1) is 11.9. The Morgan fingerprint density at radius 2 is 1.80 bits per heavy atom. The van der Waals surface area contributed by atoms with Gasteiger partial charge in [-0.1, -0.05) is 41.9 Å². The van der Waals surface area contributed by atoms with Gasteiger partial charge in [0.15, 0.2) is 0 Å². The summed E-state index contributed by atoms with van der Waals surface area (Å²) in [5.74, 6) is 0.445. The molecule has 1 fully saturated rings. The lowest BCUT2D eigenvalue weighted by molar-refractivity contribution is -0.131. The Morgan fingerprint density at radius 1 is 1.12 bits per heavy atom. The van der Waals surface area contributed by atoms with E-state index in [0.29, 0.717) is 17.2 Å². The largest absolute Gasteiger partial charge is 0.496 e. The van der Waals surface area contributed by atoms with Crippen molar-refractivity contribution < 1.29 is 14.3 Å². The molecule has 1 atom stereocenters. The predicted molar refractivity (Wildman–Crippen MR) is 95.6 cm³/mol. The predicted octanol–water partition coefficient (Wildman–Crippen LogP) is 3.40. The van der Waals surface area contributed by atoms with Crippen LogP contribution in [0.5, 0.6) is 5.75 Å². The van der Waals surface area contributed by atoms with Crippen LogP contribution in [-0.4, -0.2) is 29.5 Å². The molecule has 2 aromatic rings. The van der Waals surface area contributed by atoms with Crippen molar-refractivity contribution in [3.63, 3.8) is 0 Å². The Kier molecular flexibility index (Phi) is 4.68. The van der Waals surface area contributed by atoms with Gasteiger partial charge in [-0.2, -0.15) is 0 Å². The van der Waals surface area contributed by atoms with Gasteiger partial charge in [0.25, 0.3) is 5.91 Å². The number of amides is 3. The molecule has 5 nitrogen and oxygen atoms in total. The standard InChI is InChI=1S/C19H19ClN2O3/c1-19(11-14-5-3-4-6-16(14)25-2)17(23)22(18(24)21-19)12-13-7-9-15(20)10-8-13/h3-10H,11-12H2,1-2H3,(H,21,24)/t19-/m1/s1. The van der Waals surface area contributed by atoms with Gasteiger partial charge in [-0.05, 0) is 36.2 Å². The molecule has 0 unspecified atom stereocenters. The number of nitrogens with one attached hydrogen (secondary N) is 1. The summed E-state index contributed by atoms with van der Waals surface area (Å²) in [5, 5.41) is 3.43. The average Bonchev–Trinajstić information content (AvgIpc) is 2.80. The summed E-state index contributed by atoms with van der Waals surface area (Å²) in [6.45, 7) is 1.95. The molecule has 0 bridgehead atoms. The van der Waals surface area contributed by atoms with Crippen LogP contribution in [-0.2, 0) is 17.8 Å². The highest BCUT2D eigenvalue weighted by molar-refractivity contribution is 6.30. The van der Waals surface area contributed by atoms with Gasteiger partial charge in [-0.15, -0.1) is 0 Å². The lowest BCUT2D eigenvalue weighted by Crippen LogP contribution is -2.46. The number of imide groups is 1. The molecule has 3 amide bonds. The summed E-state index contributed by atoms with van der Waals surface area (Å²) in [5.41, 5.74) is 0.710. The number of rotatable bonds is 5. The van der Waals surface area contributed by atoms with E-state index in [0.717, 1.165) is 11.1 Å². The SMILES string of the molecule is COc1ccccc1C[C@@]1(C)NC(=O)N(Cc2ccc(Cl)cc2)C1=O. The molecule has 0 aromatic heterocycles. The summed E-state index contributed by atoms with van der Waals surface area (Å²) >= 11 is 5.88. The molecule has 25 heavy (non-hydrogen) atoms. The number of ether oxygens (including phenoxy) is 1. The van der Waals surface area contributed by atoms with Gasteiger partial charge in [-0.3, -0.25) is 9.69 Å². The van der Waals surface area contributed by atoms with Gasteiger partial charge in [0.05, 0.1) is 13.7 Å². The van der Waals surface area contributed by atoms with Crippen LogP contribution in [0.4, 0.5) is 4.79 Å². The van der Waals surface area contributed by atoms with Crippen molar-refractivity contribution in [1.29, 1.82) is 0 Å². The number of carbonyl (C=O) groups excluding carboxylic acids is 2. The van der Waals surface area contributed by atoms with E-state index in [1.165, 1.54) is 4.90 Å². The number of benzene rings is 2. The Morgan fingerprint density at radius 3 is 2.48 bits per heavy atom. The van der Waals surface area contributed by atoms with Gasteiger partial charge in [0, 0.05) is 11.4 Å². The zero-order chi connectivity index (χ0) is 18.0. The Bertz CT molecular complexity index is 807. The Balaban J connectivity index is 1.80. The third-order valence-corrected chi connectivity index (χ3v) is 4.59. The minimum atomic E-state index is -1.00. The van der Waals surface area contributed by atoms with E-state index in [1.807, 2.05) is 24.3 Å². The van der Waals surface area contributed by atoms with Crippen molar-refractivity contribution in [3.8, 4) is 5.75 Å². The van der Waals surface area contributed by atoms with Crippen LogP contribution in [0.15, 0.2) is 48.5 Å². The highest BCUT2D eigenvalue weighted by Gasteiger charge is 2.47. The number of halogens is 1. The van der Waals surface area contributed by atoms with Gasteiger partial charge in [0.2, 0.25) is 0 Å². The third kappa shape index (κ3) is 3.46. The highest BCUT2D eigenvalue weighted by atomic mass is 35.5. The van der Waals surface area contributed by atoms with Gasteiger partial charge in [-0.25, -0.2) is 4.79 Å². The fraction of sp³-hybridized carbons (Fsp3) is 0.263. The van der Waals surface area contributed by atoms with Crippen LogP contribution in [0.2, 0.25) is 5.02 Å². The van der Waals surface area contributed by atoms with Gasteiger partial charge >= 0.3 is 6.03 Å². The second-order valence-electron chi connectivity index (χ2n) is 6.27. The lowest BCUT2D eigenvalue weighted by atomic mass is 9.92. The van der Waals surface area contributed by atoms with Crippen molar-refractivity contribution in [1.82, 2.24) is 10.2 Å². The highest BCUT2D eigenvalue weighted by Crippen LogP contribution is 2.28. The smallest absolute Gasteiger partial charge is 0.325 e. The number of methoxy groups -OCH3 is 1. The van der Waals surface area contributed by atoms with Crippen LogP contribution in [0.3, 0.4) is 0 Å². The first-order valence-corrected chi connectivity index (χ1v) is 8.31. The number of hydrogen-bond donors (Lipinski definition) is 1. The zero-order valence-corrected chi connectivity index (χ0v) is 14.8. The molecule has 0 aliphatic carbocycles. The summed E-state index contributed by atoms with van der Waals surface area (Å²) in [6, 6.07) is 14.2. The fourth-order valence-electron chi connectivity index (χ4n) is 3.01. The molecule has 0 radical (unpaired) electrons. The molecule has 130 valence electrons. The Labute approximate surface area is 151 Å². The van der Waals surface area contributed by atoms with Crippen molar-refractivity contribution >= 4 is 23.5 Å². The summed E-state index contributed by atoms with van der Waals surface area (Å²) in [6.07, 6.45) is 0.360. The number of nitrogens with zero attached hydrogens (tertiary/aromatic N) is 1. The van der Waals surface area contributed by atoms with Crippen molar-refractivity contribution in [2.24, 2.45) is 0 Å². The van der Waals surface area contributed by atoms with E-state index in [1.54, 1.807) is 38.3 Å². The normalized spacial score (nSPS) is 19.9. The minimum absolute atomic E-state index is 0.212. The first kappa shape index (κ1) is 17.3. The zero-order valence-electron chi connectivity index (χ0n) is 14.1. The third-order valence-electron chi connectivity index (χ3n) is 4.34. The molecule has 1 aliphatic heterocycles. The molecule has 1 aliphatic rings. The minimum Gasteiger partial charge on any atom is -0.496 e. The maximum Gasteiger partial charge on any atom is 0.325 e. The quantitative estimate of drug-likeness (QED) is 0.833. The second-order valence-corrected chi connectivity index (χ2v) is 6.71. The molecule has 1 heterocycles. The Hall–Kier alpha value is -2.53. The summed E-state index contributed by atoms with van der Waals surface area (Å²) < 4.78 is 5.35. The molecule has 0 spiro atoms. The second kappa shape index (κ2) is 6.76. The first-order valence-electron chi connectivity index (χ1n) is 7.93. The monoisotopic (exact) mass is 358 g/mol. The molecule has 2 aromatic carbocycles. The summed E-state index contributed by atoms with van der Waals surface area (Å²) in [4.78, 5) is 26.5. The van der Waals surface area contributed by atoms with E-state index in [4.69, 9.17) is 16.3 Å². The van der Waals surface area contributed by atoms with E-state index >= 15 is 0 Å². The molecular weight excluding hydrogens is 340 g/mol. The average molecular weight is 359 g/mol. The van der Waals surface area contributed by atoms with E-state index in [-0.39, 0.29) is 12.5 Å². The molecule has 0 saturated carbocycles. The van der Waals surface area contributed by atoms with Crippen LogP contribution < -0.4 is 10.1 Å².